The number of anilines is 1. The second kappa shape index (κ2) is 9.35. The number of hydrogen-bond donors (Lipinski definition) is 0. The van der Waals surface area contributed by atoms with Crippen LogP contribution in [0.5, 0.6) is 0 Å². The van der Waals surface area contributed by atoms with Crippen LogP contribution in [0.4, 0.5) is 5.69 Å². The fourth-order valence-electron chi connectivity index (χ4n) is 5.05. The van der Waals surface area contributed by atoms with Gasteiger partial charge in [-0.2, -0.15) is 0 Å². The Morgan fingerprint density at radius 1 is 1.03 bits per heavy atom. The quantitative estimate of drug-likeness (QED) is 0.392. The molecule has 9 nitrogen and oxygen atoms in total. The van der Waals surface area contributed by atoms with E-state index in [4.69, 9.17) is 9.72 Å². The van der Waals surface area contributed by atoms with Crippen LogP contribution in [0.15, 0.2) is 66.6 Å². The number of allylic oxidation sites excluding steroid dienone is 1. The van der Waals surface area contributed by atoms with Gasteiger partial charge in [0.2, 0.25) is 11.7 Å². The van der Waals surface area contributed by atoms with E-state index in [0.29, 0.717) is 60.2 Å². The number of nitrogens with zero attached hydrogens (tertiary/aromatic N) is 5. The van der Waals surface area contributed by atoms with Gasteiger partial charge < -0.3 is 14.2 Å². The fourth-order valence-corrected chi connectivity index (χ4v) is 5.05. The maximum absolute atomic E-state index is 13.3. The summed E-state index contributed by atoms with van der Waals surface area (Å²) in [7, 11) is 1.89. The van der Waals surface area contributed by atoms with Crippen LogP contribution in [0, 0.1) is 0 Å². The normalized spacial score (nSPS) is 16.4. The second-order valence-corrected chi connectivity index (χ2v) is 9.32. The molecule has 6 rings (SSSR count). The van der Waals surface area contributed by atoms with Crippen LogP contribution in [0.3, 0.4) is 0 Å². The summed E-state index contributed by atoms with van der Waals surface area (Å²) in [6.45, 7) is 3.59. The summed E-state index contributed by atoms with van der Waals surface area (Å²) in [4.78, 5) is 51.5. The number of benzene rings is 2. The number of aromatic nitrogens is 3. The van der Waals surface area contributed by atoms with Crippen LogP contribution in [0.2, 0.25) is 0 Å². The SMILES string of the molecule is CC(=O)N1/C(=C\c2cc(-c3nccn3C)c3cc(C(=O)N4CCOCC4)ccc3n2)C(=O)c2ccccc21. The minimum absolute atomic E-state index is 0.0569. The molecule has 0 bridgehead atoms. The third-order valence-electron chi connectivity index (χ3n) is 6.90. The Labute approximate surface area is 219 Å². The van der Waals surface area contributed by atoms with Crippen molar-refractivity contribution in [3.63, 3.8) is 0 Å². The number of hydrogen-bond acceptors (Lipinski definition) is 6. The van der Waals surface area contributed by atoms with Crippen molar-refractivity contribution in [2.24, 2.45) is 7.05 Å². The molecule has 0 aliphatic carbocycles. The molecule has 1 saturated heterocycles. The first kappa shape index (κ1) is 23.7. The molecule has 0 saturated carbocycles. The maximum atomic E-state index is 13.3. The number of imidazole rings is 1. The predicted octanol–water partition coefficient (Wildman–Crippen LogP) is 3.70. The Bertz CT molecular complexity index is 1650. The van der Waals surface area contributed by atoms with E-state index in [9.17, 15) is 14.4 Å². The van der Waals surface area contributed by atoms with Crippen LogP contribution in [-0.2, 0) is 16.6 Å². The molecule has 0 atom stereocenters. The Kier molecular flexibility index (Phi) is 5.84. The Balaban J connectivity index is 1.50. The molecule has 38 heavy (non-hydrogen) atoms. The van der Waals surface area contributed by atoms with E-state index in [0.717, 1.165) is 10.9 Å². The van der Waals surface area contributed by atoms with Crippen molar-refractivity contribution in [2.75, 3.05) is 31.2 Å². The number of ether oxygens (including phenoxy) is 1. The molecule has 190 valence electrons. The highest BCUT2D eigenvalue weighted by Crippen LogP contribution is 2.36. The van der Waals surface area contributed by atoms with Gasteiger partial charge in [0.15, 0.2) is 0 Å². The molecule has 9 heteroatoms. The molecule has 0 unspecified atom stereocenters. The molecule has 0 radical (unpaired) electrons. The number of rotatable bonds is 3. The number of carbonyl (C=O) groups excluding carboxylic acids is 3. The van der Waals surface area contributed by atoms with Crippen molar-refractivity contribution in [3.8, 4) is 11.4 Å². The van der Waals surface area contributed by atoms with E-state index in [2.05, 4.69) is 4.98 Å². The van der Waals surface area contributed by atoms with Crippen molar-refractivity contribution < 1.29 is 19.1 Å². The number of morpholine rings is 1. The van der Waals surface area contributed by atoms with Crippen LogP contribution >= 0.6 is 0 Å². The third-order valence-corrected chi connectivity index (χ3v) is 6.90. The standard InChI is InChI=1S/C29H25N5O4/c1-18(35)34-25-6-4-3-5-21(25)27(36)26(34)17-20-16-23(28-30-9-10-32(28)2)22-15-19(7-8-24(22)31-20)29(37)33-11-13-38-14-12-33/h3-10,15-17H,11-14H2,1-2H3/b26-17-. The van der Waals surface area contributed by atoms with Gasteiger partial charge in [-0.15, -0.1) is 0 Å². The van der Waals surface area contributed by atoms with Crippen molar-refractivity contribution in [2.45, 2.75) is 6.92 Å². The zero-order valence-electron chi connectivity index (χ0n) is 21.0. The summed E-state index contributed by atoms with van der Waals surface area (Å²) in [5.41, 5.74) is 3.77. The molecule has 0 N–H and O–H groups in total. The van der Waals surface area contributed by atoms with Crippen LogP contribution in [-0.4, -0.2) is 63.3 Å². The van der Waals surface area contributed by atoms with Gasteiger partial charge in [0.05, 0.1) is 35.8 Å². The van der Waals surface area contributed by atoms with Gasteiger partial charge in [-0.3, -0.25) is 19.3 Å². The molecular weight excluding hydrogens is 482 g/mol. The number of amides is 2. The summed E-state index contributed by atoms with van der Waals surface area (Å²) in [5.74, 6) is 0.143. The van der Waals surface area contributed by atoms with E-state index in [1.807, 2.05) is 36.0 Å². The summed E-state index contributed by atoms with van der Waals surface area (Å²) >= 11 is 0. The number of ketones is 1. The number of para-hydroxylation sites is 1. The highest BCUT2D eigenvalue weighted by molar-refractivity contribution is 6.26. The minimum atomic E-state index is -0.258. The van der Waals surface area contributed by atoms with Crippen molar-refractivity contribution in [1.29, 1.82) is 0 Å². The first-order valence-electron chi connectivity index (χ1n) is 12.4. The monoisotopic (exact) mass is 507 g/mol. The lowest BCUT2D eigenvalue weighted by Crippen LogP contribution is -2.40. The molecule has 1 fully saturated rings. The molecular formula is C29H25N5O4. The van der Waals surface area contributed by atoms with Crippen LogP contribution < -0.4 is 4.90 Å². The van der Waals surface area contributed by atoms with Crippen molar-refractivity contribution in [3.05, 3.63) is 83.4 Å². The zero-order chi connectivity index (χ0) is 26.4. The lowest BCUT2D eigenvalue weighted by molar-refractivity contribution is -0.116. The molecule has 2 aliphatic rings. The molecule has 0 spiro atoms. The first-order chi connectivity index (χ1) is 18.4. The largest absolute Gasteiger partial charge is 0.378 e. The molecule has 2 amide bonds. The van der Waals surface area contributed by atoms with E-state index < -0.39 is 0 Å². The average molecular weight is 508 g/mol. The highest BCUT2D eigenvalue weighted by Gasteiger charge is 2.34. The Morgan fingerprint density at radius 3 is 2.55 bits per heavy atom. The number of Topliss-reactive ketones (excluding diaryl/α,β-unsaturated/α-hetero) is 1. The van der Waals surface area contributed by atoms with Gasteiger partial charge in [0.1, 0.15) is 5.82 Å². The van der Waals surface area contributed by atoms with E-state index in [-0.39, 0.29) is 23.3 Å². The second-order valence-electron chi connectivity index (χ2n) is 9.32. The van der Waals surface area contributed by atoms with E-state index in [1.165, 1.54) is 11.8 Å². The summed E-state index contributed by atoms with van der Waals surface area (Å²) < 4.78 is 7.28. The van der Waals surface area contributed by atoms with Gasteiger partial charge in [-0.05, 0) is 42.5 Å². The molecule has 2 aromatic carbocycles. The Morgan fingerprint density at radius 2 is 1.82 bits per heavy atom. The van der Waals surface area contributed by atoms with Gasteiger partial charge in [0.25, 0.3) is 5.91 Å². The lowest BCUT2D eigenvalue weighted by atomic mass is 10.0. The summed E-state index contributed by atoms with van der Waals surface area (Å²) in [6, 6.07) is 14.3. The fraction of sp³-hybridized carbons (Fsp3) is 0.207. The van der Waals surface area contributed by atoms with E-state index >= 15 is 0 Å². The Hall–Kier alpha value is -4.63. The number of aryl methyl sites for hydroxylation is 1. The van der Waals surface area contributed by atoms with Crippen LogP contribution in [0.25, 0.3) is 28.4 Å². The highest BCUT2D eigenvalue weighted by atomic mass is 16.5. The lowest BCUT2D eigenvalue weighted by Gasteiger charge is -2.27. The molecule has 2 aromatic heterocycles. The maximum Gasteiger partial charge on any atom is 0.254 e. The molecule has 4 heterocycles. The predicted molar refractivity (Wildman–Crippen MR) is 143 cm³/mol. The third kappa shape index (κ3) is 3.97. The average Bonchev–Trinajstić information content (AvgIpc) is 3.48. The summed E-state index contributed by atoms with van der Waals surface area (Å²) in [6.07, 6.45) is 5.19. The van der Waals surface area contributed by atoms with Gasteiger partial charge in [-0.1, -0.05) is 12.1 Å². The van der Waals surface area contributed by atoms with Crippen LogP contribution in [0.1, 0.15) is 33.3 Å². The molecule has 2 aliphatic heterocycles. The van der Waals surface area contributed by atoms with Gasteiger partial charge >= 0.3 is 0 Å². The smallest absolute Gasteiger partial charge is 0.254 e. The van der Waals surface area contributed by atoms with Crippen molar-refractivity contribution >= 4 is 40.3 Å². The number of carbonyl (C=O) groups is 3. The van der Waals surface area contributed by atoms with Gasteiger partial charge in [-0.25, -0.2) is 9.97 Å². The van der Waals surface area contributed by atoms with Crippen molar-refractivity contribution in [1.82, 2.24) is 19.4 Å². The zero-order valence-corrected chi connectivity index (χ0v) is 21.0. The topological polar surface area (TPSA) is 97.6 Å². The number of pyridine rings is 1. The van der Waals surface area contributed by atoms with Gasteiger partial charge in [0, 0.05) is 61.5 Å². The molecule has 4 aromatic rings. The number of fused-ring (bicyclic) bond motifs is 2. The minimum Gasteiger partial charge on any atom is -0.378 e. The summed E-state index contributed by atoms with van der Waals surface area (Å²) in [5, 5.41) is 0.769. The first-order valence-corrected chi connectivity index (χ1v) is 12.4. The van der Waals surface area contributed by atoms with E-state index in [1.54, 1.807) is 47.5 Å².